The molecule has 0 unspecified atom stereocenters. The van der Waals surface area contributed by atoms with Crippen LogP contribution in [-0.4, -0.2) is 24.4 Å². The van der Waals surface area contributed by atoms with E-state index < -0.39 is 66.2 Å². The van der Waals surface area contributed by atoms with Crippen LogP contribution in [0.2, 0.25) is 0 Å². The van der Waals surface area contributed by atoms with Crippen LogP contribution in [0.4, 0.5) is 0 Å². The van der Waals surface area contributed by atoms with Crippen molar-refractivity contribution in [3.63, 3.8) is 0 Å². The molecule has 0 aliphatic heterocycles. The molecule has 0 spiro atoms. The molecular weight excluding hydrogens is 953 g/mol. The third-order valence-corrected chi connectivity index (χ3v) is 16.5. The molecule has 0 bridgehead atoms. The van der Waals surface area contributed by atoms with Gasteiger partial charge in [0.05, 0.1) is 0 Å². The third kappa shape index (κ3) is 7.37. The number of hydrogen-bond acceptors (Lipinski definition) is 0. The summed E-state index contributed by atoms with van der Waals surface area (Å²) in [6.07, 6.45) is 0. The molecule has 0 aliphatic rings. The molecule has 1 aromatic carbocycles. The number of rotatable bonds is 7. The smallest absolute Gasteiger partial charge is 0.226 e. The molecule has 1 radical (unpaired) electrons. The highest BCUT2D eigenvalue weighted by Crippen LogP contribution is 2.66. The van der Waals surface area contributed by atoms with Crippen LogP contribution >= 0.6 is 244 Å². The van der Waals surface area contributed by atoms with E-state index in [1.54, 1.807) is 0 Å². The maximum Gasteiger partial charge on any atom is 0.226 e. The largest absolute Gasteiger partial charge is 0.232 e. The topological polar surface area (TPSA) is 19.9 Å². The fourth-order valence-corrected chi connectivity index (χ4v) is 7.14. The maximum atomic E-state index is 12.6. The Morgan fingerprint density at radius 3 is 0.868 bits per heavy atom. The molecule has 0 fully saturated rings. The van der Waals surface area contributed by atoms with Crippen molar-refractivity contribution in [1.82, 2.24) is 0 Å². The zero-order valence-corrected chi connectivity index (χ0v) is 32.6. The Balaban J connectivity index is 4.45. The Morgan fingerprint density at radius 2 is 0.658 bits per heavy atom. The van der Waals surface area contributed by atoms with E-state index in [0.29, 0.717) is 0 Å². The summed E-state index contributed by atoms with van der Waals surface area (Å²) in [7, 11) is 0. The van der Waals surface area contributed by atoms with Gasteiger partial charge in [-0.05, 0) is 34.4 Å². The molecule has 1 aromatic rings. The Labute approximate surface area is 322 Å². The second-order valence-corrected chi connectivity index (χ2v) is 21.9. The second-order valence-electron chi connectivity index (χ2n) is 7.13. The first-order chi connectivity index (χ1) is 16.3. The zero-order valence-electron chi connectivity index (χ0n) is 16.7. The van der Waals surface area contributed by atoms with Gasteiger partial charge in [-0.15, -0.1) is 0 Å². The molecular formula is C16H4Cl21O. The van der Waals surface area contributed by atoms with Crippen LogP contribution in [-0.2, 0) is 24.7 Å². The lowest BCUT2D eigenvalue weighted by Crippen LogP contribution is -2.49. The van der Waals surface area contributed by atoms with Crippen molar-refractivity contribution >= 4 is 244 Å². The average Bonchev–Trinajstić information content (AvgIpc) is 2.69. The first-order valence-electron chi connectivity index (χ1n) is 8.52. The van der Waals surface area contributed by atoms with Crippen molar-refractivity contribution < 1.29 is 5.11 Å². The van der Waals surface area contributed by atoms with Crippen LogP contribution in [0.5, 0.6) is 0 Å². The Bertz CT molecular complexity index is 966. The first kappa shape index (κ1) is 41.3. The molecule has 0 saturated carbocycles. The summed E-state index contributed by atoms with van der Waals surface area (Å²) in [5.74, 6) is 0. The molecule has 1 rings (SSSR count). The van der Waals surface area contributed by atoms with E-state index >= 15 is 0 Å². The van der Waals surface area contributed by atoms with Gasteiger partial charge in [0.1, 0.15) is 6.61 Å². The van der Waals surface area contributed by atoms with Crippen molar-refractivity contribution in [2.24, 2.45) is 0 Å². The highest BCUT2D eigenvalue weighted by Gasteiger charge is 2.66. The zero-order chi connectivity index (χ0) is 30.9. The fraction of sp³-hybridized carbons (Fsp3) is 0.625. The van der Waals surface area contributed by atoms with E-state index in [2.05, 4.69) is 0 Å². The summed E-state index contributed by atoms with van der Waals surface area (Å²) in [6, 6.07) is 1.85. The third-order valence-electron chi connectivity index (χ3n) is 4.68. The summed E-state index contributed by atoms with van der Waals surface area (Å²) < 4.78 is -24.1. The number of benzene rings is 1. The summed E-state index contributed by atoms with van der Waals surface area (Å²) in [6.45, 7) is -1.25. The van der Waals surface area contributed by atoms with Gasteiger partial charge >= 0.3 is 0 Å². The molecule has 221 valence electrons. The van der Waals surface area contributed by atoms with Crippen LogP contribution < -0.4 is 0 Å². The van der Waals surface area contributed by atoms with Crippen molar-refractivity contribution in [2.75, 3.05) is 0 Å². The molecule has 0 N–H and O–H groups in total. The standard InChI is InChI=1S/C16H4Cl21O/c17-8(18,11(23,24)14(29,30)31)4-1-6(9(19,20)12(25,26)15(32,33)34)5(3-38)7(2-4)10(21,22)13(27,28)16(35,36)37/h1-2H,3H2. The summed E-state index contributed by atoms with van der Waals surface area (Å²) >= 11 is 130. The lowest BCUT2D eigenvalue weighted by molar-refractivity contribution is 0.175. The Morgan fingerprint density at radius 1 is 0.421 bits per heavy atom. The molecule has 38 heavy (non-hydrogen) atoms. The van der Waals surface area contributed by atoms with Crippen molar-refractivity contribution in [3.05, 3.63) is 34.4 Å². The van der Waals surface area contributed by atoms with E-state index in [1.165, 1.54) is 0 Å². The van der Waals surface area contributed by atoms with Crippen LogP contribution in [0, 0.1) is 0 Å². The molecule has 0 heterocycles. The van der Waals surface area contributed by atoms with Crippen LogP contribution in [0.3, 0.4) is 0 Å². The summed E-state index contributed by atoms with van der Waals surface area (Å²) in [4.78, 5) is 0. The first-order valence-corrected chi connectivity index (χ1v) is 16.5. The van der Waals surface area contributed by atoms with Gasteiger partial charge in [0.2, 0.25) is 24.4 Å². The highest BCUT2D eigenvalue weighted by molar-refractivity contribution is 6.80. The molecule has 0 atom stereocenters. The number of hydrogen-bond donors (Lipinski definition) is 0. The molecule has 0 saturated heterocycles. The number of halogens is 21. The van der Waals surface area contributed by atoms with Gasteiger partial charge in [0, 0.05) is 0 Å². The van der Waals surface area contributed by atoms with E-state index in [-0.39, 0.29) is 0 Å². The molecule has 0 aromatic heterocycles. The van der Waals surface area contributed by atoms with Gasteiger partial charge in [-0.3, -0.25) is 0 Å². The SMILES string of the molecule is [O]Cc1c(C(Cl)(Cl)C(Cl)(Cl)C(Cl)(Cl)Cl)cc(C(Cl)(Cl)C(Cl)(Cl)C(Cl)(Cl)Cl)cc1C(Cl)(Cl)C(Cl)(Cl)C(Cl)(Cl)Cl. The summed E-state index contributed by atoms with van der Waals surface area (Å²) in [5, 5.41) is 12.6. The Hall–Kier alpha value is 5.27. The van der Waals surface area contributed by atoms with Gasteiger partial charge in [0.15, 0.2) is 13.0 Å². The van der Waals surface area contributed by atoms with Crippen LogP contribution in [0.25, 0.3) is 0 Å². The predicted molar refractivity (Wildman–Crippen MR) is 175 cm³/mol. The normalized spacial score (nSPS) is 15.7. The van der Waals surface area contributed by atoms with Gasteiger partial charge in [0.25, 0.3) is 0 Å². The van der Waals surface area contributed by atoms with E-state index in [0.717, 1.165) is 12.1 Å². The Kier molecular flexibility index (Phi) is 14.2. The van der Waals surface area contributed by atoms with E-state index in [9.17, 15) is 5.11 Å². The molecule has 0 amide bonds. The second kappa shape index (κ2) is 13.1. The molecule has 22 heteroatoms. The van der Waals surface area contributed by atoms with Crippen molar-refractivity contribution in [2.45, 2.75) is 44.0 Å². The lowest BCUT2D eigenvalue weighted by Gasteiger charge is -2.43. The van der Waals surface area contributed by atoms with Crippen molar-refractivity contribution in [1.29, 1.82) is 0 Å². The van der Waals surface area contributed by atoms with Gasteiger partial charge in [-0.2, -0.15) is 0 Å². The van der Waals surface area contributed by atoms with Gasteiger partial charge in [-0.1, -0.05) is 244 Å². The lowest BCUT2D eigenvalue weighted by atomic mass is 9.89. The van der Waals surface area contributed by atoms with E-state index in [1.807, 2.05) is 0 Å². The van der Waals surface area contributed by atoms with Crippen molar-refractivity contribution in [3.8, 4) is 0 Å². The monoisotopic (exact) mass is 946 g/mol. The minimum Gasteiger partial charge on any atom is -0.232 e. The average molecular weight is 957 g/mol. The highest BCUT2D eigenvalue weighted by atomic mass is 35.6. The maximum absolute atomic E-state index is 12.6. The number of alkyl halides is 21. The summed E-state index contributed by atoms with van der Waals surface area (Å²) in [5.41, 5.74) is -2.11. The minimum absolute atomic E-state index is 0.461. The minimum atomic E-state index is -2.74. The quantitative estimate of drug-likeness (QED) is 0.243. The van der Waals surface area contributed by atoms with E-state index in [4.69, 9.17) is 244 Å². The van der Waals surface area contributed by atoms with Crippen LogP contribution in [0.15, 0.2) is 12.1 Å². The van der Waals surface area contributed by atoms with Gasteiger partial charge < -0.3 is 0 Å². The fourth-order valence-electron chi connectivity index (χ4n) is 2.62. The molecule has 1 nitrogen and oxygen atoms in total. The van der Waals surface area contributed by atoms with Gasteiger partial charge in [-0.25, -0.2) is 5.11 Å². The van der Waals surface area contributed by atoms with Crippen LogP contribution in [0.1, 0.15) is 22.3 Å². The predicted octanol–water partition coefficient (Wildman–Crippen LogP) is 14.1. The molecule has 0 aliphatic carbocycles.